The summed E-state index contributed by atoms with van der Waals surface area (Å²) in [6.07, 6.45) is 0.294. The van der Waals surface area contributed by atoms with Gasteiger partial charge in [-0.1, -0.05) is 13.8 Å². The smallest absolute Gasteiger partial charge is 0.308 e. The zero-order chi connectivity index (χ0) is 7.98. The Labute approximate surface area is 61.0 Å². The number of carbonyl (C=O) groups excluding carboxylic acids is 1. The molecule has 0 amide bonds. The van der Waals surface area contributed by atoms with Crippen LogP contribution in [0.3, 0.4) is 0 Å². The van der Waals surface area contributed by atoms with Gasteiger partial charge in [-0.25, -0.2) is 0 Å². The first-order chi connectivity index (χ1) is 4.79. The van der Waals surface area contributed by atoms with Crippen LogP contribution >= 0.6 is 0 Å². The van der Waals surface area contributed by atoms with Crippen LogP contribution in [0.5, 0.6) is 0 Å². The molecule has 1 atom stereocenters. The molecule has 1 unspecified atom stereocenters. The van der Waals surface area contributed by atoms with Crippen molar-refractivity contribution in [1.29, 1.82) is 0 Å². The van der Waals surface area contributed by atoms with Gasteiger partial charge in [-0.2, -0.15) is 0 Å². The molecule has 0 aromatic rings. The largest absolute Gasteiger partial charge is 0.465 e. The highest BCUT2D eigenvalue weighted by atomic mass is 16.5. The summed E-state index contributed by atoms with van der Waals surface area (Å²) < 4.78 is 4.55. The summed E-state index contributed by atoms with van der Waals surface area (Å²) in [4.78, 5) is 10.3. The molecule has 10 heavy (non-hydrogen) atoms. The molecule has 1 fully saturated rings. The van der Waals surface area contributed by atoms with Crippen LogP contribution in [0.2, 0.25) is 0 Å². The number of ether oxygens (including phenoxy) is 1. The summed E-state index contributed by atoms with van der Waals surface area (Å²) >= 11 is 0. The van der Waals surface area contributed by atoms with Gasteiger partial charge in [0, 0.05) is 6.42 Å². The Morgan fingerprint density at radius 1 is 1.60 bits per heavy atom. The molecule has 0 saturated carbocycles. The Balaban J connectivity index is 0.000000371. The van der Waals surface area contributed by atoms with Crippen molar-refractivity contribution in [3.05, 3.63) is 0 Å². The van der Waals surface area contributed by atoms with Gasteiger partial charge in [0.2, 0.25) is 0 Å². The lowest BCUT2D eigenvalue weighted by molar-refractivity contribution is -0.151. The monoisotopic (exact) mass is 146 g/mol. The second kappa shape index (κ2) is 5.23. The highest BCUT2D eigenvalue weighted by Gasteiger charge is 2.16. The first-order valence-corrected chi connectivity index (χ1v) is 3.63. The van der Waals surface area contributed by atoms with Crippen molar-refractivity contribution in [2.75, 3.05) is 6.61 Å². The van der Waals surface area contributed by atoms with E-state index in [1.807, 2.05) is 13.8 Å². The van der Waals surface area contributed by atoms with Crippen LogP contribution in [0, 0.1) is 0 Å². The SMILES string of the molecule is CC.O=C1CC(O)CCO1. The summed E-state index contributed by atoms with van der Waals surface area (Å²) in [7, 11) is 0. The van der Waals surface area contributed by atoms with Gasteiger partial charge in [-0.15, -0.1) is 0 Å². The summed E-state index contributed by atoms with van der Waals surface area (Å²) in [6.45, 7) is 4.38. The van der Waals surface area contributed by atoms with E-state index in [1.54, 1.807) is 0 Å². The zero-order valence-electron chi connectivity index (χ0n) is 6.46. The second-order valence-electron chi connectivity index (χ2n) is 1.87. The molecule has 0 aromatic heterocycles. The first-order valence-electron chi connectivity index (χ1n) is 3.63. The minimum absolute atomic E-state index is 0.167. The van der Waals surface area contributed by atoms with E-state index in [0.717, 1.165) is 0 Å². The fourth-order valence-electron chi connectivity index (χ4n) is 0.662. The summed E-state index contributed by atoms with van der Waals surface area (Å²) in [5.41, 5.74) is 0. The second-order valence-corrected chi connectivity index (χ2v) is 1.87. The maximum atomic E-state index is 10.3. The van der Waals surface area contributed by atoms with Crippen LogP contribution in [0.1, 0.15) is 26.7 Å². The van der Waals surface area contributed by atoms with Gasteiger partial charge in [0.1, 0.15) is 0 Å². The Morgan fingerprint density at radius 3 is 2.50 bits per heavy atom. The van der Waals surface area contributed by atoms with Crippen molar-refractivity contribution >= 4 is 5.97 Å². The summed E-state index contributed by atoms with van der Waals surface area (Å²) in [6, 6.07) is 0. The summed E-state index contributed by atoms with van der Waals surface area (Å²) in [5.74, 6) is -0.288. The molecule has 0 spiro atoms. The van der Waals surface area contributed by atoms with Gasteiger partial charge < -0.3 is 9.84 Å². The molecule has 1 N–H and O–H groups in total. The van der Waals surface area contributed by atoms with Crippen LogP contribution in [0.25, 0.3) is 0 Å². The van der Waals surface area contributed by atoms with Crippen molar-refractivity contribution in [3.63, 3.8) is 0 Å². The molecule has 1 rings (SSSR count). The number of cyclic esters (lactones) is 1. The number of hydrogen-bond acceptors (Lipinski definition) is 3. The van der Waals surface area contributed by atoms with Gasteiger partial charge in [0.25, 0.3) is 0 Å². The first kappa shape index (κ1) is 9.43. The molecule has 1 aliphatic rings. The molecule has 1 aliphatic heterocycles. The minimum Gasteiger partial charge on any atom is -0.465 e. The highest BCUT2D eigenvalue weighted by molar-refractivity contribution is 5.70. The van der Waals surface area contributed by atoms with E-state index in [1.165, 1.54) is 0 Å². The average molecular weight is 146 g/mol. The van der Waals surface area contributed by atoms with Crippen molar-refractivity contribution in [1.82, 2.24) is 0 Å². The third-order valence-electron chi connectivity index (χ3n) is 1.12. The van der Waals surface area contributed by atoms with Crippen LogP contribution in [-0.4, -0.2) is 23.8 Å². The minimum atomic E-state index is -0.462. The summed E-state index contributed by atoms with van der Waals surface area (Å²) in [5, 5.41) is 8.78. The average Bonchev–Trinajstić information content (AvgIpc) is 1.91. The van der Waals surface area contributed by atoms with Crippen LogP contribution < -0.4 is 0 Å². The van der Waals surface area contributed by atoms with Gasteiger partial charge in [0.15, 0.2) is 0 Å². The van der Waals surface area contributed by atoms with Crippen LogP contribution in [0.15, 0.2) is 0 Å². The number of esters is 1. The molecule has 3 nitrogen and oxygen atoms in total. The van der Waals surface area contributed by atoms with Gasteiger partial charge in [-0.3, -0.25) is 4.79 Å². The highest BCUT2D eigenvalue weighted by Crippen LogP contribution is 2.05. The molecule has 0 radical (unpaired) electrons. The zero-order valence-corrected chi connectivity index (χ0v) is 6.46. The maximum Gasteiger partial charge on any atom is 0.308 e. The lowest BCUT2D eigenvalue weighted by Gasteiger charge is -2.15. The molecule has 1 saturated heterocycles. The molecule has 60 valence electrons. The van der Waals surface area contributed by atoms with Crippen molar-refractivity contribution in [2.45, 2.75) is 32.8 Å². The number of hydrogen-bond donors (Lipinski definition) is 1. The van der Waals surface area contributed by atoms with E-state index >= 15 is 0 Å². The van der Waals surface area contributed by atoms with Crippen molar-refractivity contribution in [2.24, 2.45) is 0 Å². The molecule has 0 aromatic carbocycles. The Morgan fingerprint density at radius 2 is 2.20 bits per heavy atom. The Kier molecular flexibility index (Phi) is 4.94. The third-order valence-corrected chi connectivity index (χ3v) is 1.12. The number of aliphatic hydroxyl groups excluding tert-OH is 1. The van der Waals surface area contributed by atoms with E-state index < -0.39 is 6.10 Å². The van der Waals surface area contributed by atoms with E-state index in [9.17, 15) is 4.79 Å². The molecular formula is C7H14O3. The third kappa shape index (κ3) is 3.45. The normalized spacial score (nSPS) is 24.3. The molecule has 0 bridgehead atoms. The number of carbonyl (C=O) groups is 1. The number of aliphatic hydroxyl groups is 1. The predicted octanol–water partition coefficient (Wildman–Crippen LogP) is 0.710. The van der Waals surface area contributed by atoms with E-state index in [0.29, 0.717) is 13.0 Å². The predicted molar refractivity (Wildman–Crippen MR) is 37.5 cm³/mol. The fourth-order valence-corrected chi connectivity index (χ4v) is 0.662. The van der Waals surface area contributed by atoms with Crippen molar-refractivity contribution < 1.29 is 14.6 Å². The topological polar surface area (TPSA) is 46.5 Å². The Hall–Kier alpha value is -0.570. The molecule has 3 heteroatoms. The van der Waals surface area contributed by atoms with E-state index in [-0.39, 0.29) is 12.4 Å². The van der Waals surface area contributed by atoms with E-state index in [4.69, 9.17) is 5.11 Å². The van der Waals surface area contributed by atoms with Crippen LogP contribution in [0.4, 0.5) is 0 Å². The van der Waals surface area contributed by atoms with Gasteiger partial charge in [-0.05, 0) is 0 Å². The lowest BCUT2D eigenvalue weighted by atomic mass is 10.2. The Bertz CT molecular complexity index is 101. The number of rotatable bonds is 0. The molecule has 1 heterocycles. The standard InChI is InChI=1S/C5H8O3.C2H6/c6-4-1-2-8-5(7)3-4;1-2/h4,6H,1-3H2;1-2H3. The fraction of sp³-hybridized carbons (Fsp3) is 0.857. The van der Waals surface area contributed by atoms with E-state index in [2.05, 4.69) is 4.74 Å². The van der Waals surface area contributed by atoms with Gasteiger partial charge >= 0.3 is 5.97 Å². The van der Waals surface area contributed by atoms with Crippen molar-refractivity contribution in [3.8, 4) is 0 Å². The molecule has 0 aliphatic carbocycles. The lowest BCUT2D eigenvalue weighted by Crippen LogP contribution is -2.24. The molecular weight excluding hydrogens is 132 g/mol. The van der Waals surface area contributed by atoms with Gasteiger partial charge in [0.05, 0.1) is 19.1 Å². The quantitative estimate of drug-likeness (QED) is 0.512. The maximum absolute atomic E-state index is 10.3. The van der Waals surface area contributed by atoms with Crippen LogP contribution in [-0.2, 0) is 9.53 Å².